The topological polar surface area (TPSA) is 118 Å². The maximum absolute atomic E-state index is 13.8. The van der Waals surface area contributed by atoms with Crippen LogP contribution in [-0.2, 0) is 19.7 Å². The van der Waals surface area contributed by atoms with Crippen molar-refractivity contribution < 1.29 is 31.8 Å². The number of alkyl halides is 2. The van der Waals surface area contributed by atoms with Gasteiger partial charge in [0, 0.05) is 20.8 Å². The number of rotatable bonds is 8. The number of hydrogen-bond donors (Lipinski definition) is 0. The highest BCUT2D eigenvalue weighted by molar-refractivity contribution is 9.12. The van der Waals surface area contributed by atoms with E-state index in [1.54, 1.807) is 12.1 Å². The maximum Gasteiger partial charge on any atom is 0.339 e. The monoisotopic (exact) mass is 784 g/mol. The summed E-state index contributed by atoms with van der Waals surface area (Å²) in [7, 11) is -4.12. The Balaban J connectivity index is 1.41. The average Bonchev–Trinajstić information content (AvgIpc) is 3.21. The molecule has 1 saturated heterocycles. The molecule has 2 aliphatic rings. The summed E-state index contributed by atoms with van der Waals surface area (Å²) >= 11 is 19.3. The van der Waals surface area contributed by atoms with Crippen LogP contribution in [0.4, 0.5) is 0 Å². The van der Waals surface area contributed by atoms with Gasteiger partial charge >= 0.3 is 10.1 Å². The first-order valence-electron chi connectivity index (χ1n) is 13.3. The van der Waals surface area contributed by atoms with Crippen molar-refractivity contribution in [2.24, 2.45) is 11.8 Å². The zero-order valence-corrected chi connectivity index (χ0v) is 28.5. The number of hydrogen-bond acceptors (Lipinski definition) is 7. The van der Waals surface area contributed by atoms with E-state index in [9.17, 15) is 27.6 Å². The standard InChI is InChI=1S/C30H24Br2Cl2N2O7S/c1-16-2-9-20(10-3-16)44(41,42)43-19-7-4-17(5-8-19)27(37)15-35(28(38)18-6-11-25(33)26(34)12-18)36-29(39)21-13-23(31)24(32)14-22(21)30(36)40/h2-12,21-24H,13-15H2,1H3/t21-,22+,23-,24-/m0/s1. The van der Waals surface area contributed by atoms with E-state index in [0.717, 1.165) is 15.6 Å². The van der Waals surface area contributed by atoms with Crippen molar-refractivity contribution in [3.8, 4) is 5.75 Å². The first-order valence-corrected chi connectivity index (χ1v) is 17.3. The average molecular weight is 787 g/mol. The number of hydrazine groups is 1. The number of halogens is 4. The largest absolute Gasteiger partial charge is 0.379 e. The van der Waals surface area contributed by atoms with E-state index in [0.29, 0.717) is 12.8 Å². The highest BCUT2D eigenvalue weighted by Crippen LogP contribution is 2.44. The molecule has 4 atom stereocenters. The molecule has 0 radical (unpaired) electrons. The lowest BCUT2D eigenvalue weighted by atomic mass is 9.81. The highest BCUT2D eigenvalue weighted by Gasteiger charge is 2.54. The molecule has 5 rings (SSSR count). The zero-order chi connectivity index (χ0) is 31.9. The minimum absolute atomic E-state index is 0.0180. The normalized spacial score (nSPS) is 21.6. The molecule has 14 heteroatoms. The molecule has 1 aliphatic heterocycles. The summed E-state index contributed by atoms with van der Waals surface area (Å²) in [6.07, 6.45) is 0.745. The molecular weight excluding hydrogens is 763 g/mol. The van der Waals surface area contributed by atoms with Gasteiger partial charge in [0.2, 0.25) is 0 Å². The number of carbonyl (C=O) groups excluding carboxylic acids is 4. The second-order valence-corrected chi connectivity index (χ2v) is 15.2. The second kappa shape index (κ2) is 12.9. The van der Waals surface area contributed by atoms with Crippen molar-refractivity contribution in [3.63, 3.8) is 0 Å². The molecule has 3 aromatic rings. The summed E-state index contributed by atoms with van der Waals surface area (Å²) in [5.74, 6) is -3.91. The van der Waals surface area contributed by atoms with Crippen LogP contribution in [0.1, 0.15) is 39.1 Å². The van der Waals surface area contributed by atoms with Crippen LogP contribution in [0.25, 0.3) is 0 Å². The molecule has 44 heavy (non-hydrogen) atoms. The zero-order valence-electron chi connectivity index (χ0n) is 23.0. The Morgan fingerprint density at radius 2 is 1.41 bits per heavy atom. The van der Waals surface area contributed by atoms with Crippen molar-refractivity contribution in [1.29, 1.82) is 0 Å². The van der Waals surface area contributed by atoms with Gasteiger partial charge in [0.25, 0.3) is 17.7 Å². The summed E-state index contributed by atoms with van der Waals surface area (Å²) in [6.45, 7) is 1.17. The minimum atomic E-state index is -4.12. The molecule has 3 amide bonds. The molecule has 1 saturated carbocycles. The third-order valence-electron chi connectivity index (χ3n) is 7.52. The van der Waals surface area contributed by atoms with Crippen LogP contribution in [0.5, 0.6) is 5.75 Å². The Hall–Kier alpha value is -2.77. The van der Waals surface area contributed by atoms with E-state index >= 15 is 0 Å². The van der Waals surface area contributed by atoms with Gasteiger partial charge in [0.1, 0.15) is 17.2 Å². The number of imide groups is 1. The summed E-state index contributed by atoms with van der Waals surface area (Å²) in [4.78, 5) is 54.3. The Kier molecular flexibility index (Phi) is 9.58. The van der Waals surface area contributed by atoms with Gasteiger partial charge in [-0.3, -0.25) is 19.2 Å². The quantitative estimate of drug-likeness (QED) is 0.115. The number of carbonyl (C=O) groups is 4. The van der Waals surface area contributed by atoms with Gasteiger partial charge in [-0.25, -0.2) is 5.01 Å². The van der Waals surface area contributed by atoms with Crippen LogP contribution in [0.15, 0.2) is 71.6 Å². The van der Waals surface area contributed by atoms with Crippen LogP contribution in [0.2, 0.25) is 10.0 Å². The third-order valence-corrected chi connectivity index (χ3v) is 12.2. The molecule has 1 heterocycles. The van der Waals surface area contributed by atoms with E-state index in [1.165, 1.54) is 54.6 Å². The molecule has 3 aromatic carbocycles. The number of Topliss-reactive ketones (excluding diaryl/α,β-unsaturated/α-hetero) is 1. The fourth-order valence-electron chi connectivity index (χ4n) is 5.13. The molecule has 2 fully saturated rings. The van der Waals surface area contributed by atoms with E-state index in [2.05, 4.69) is 31.9 Å². The predicted molar refractivity (Wildman–Crippen MR) is 171 cm³/mol. The van der Waals surface area contributed by atoms with Crippen molar-refractivity contribution in [1.82, 2.24) is 10.0 Å². The minimum Gasteiger partial charge on any atom is -0.379 e. The Morgan fingerprint density at radius 1 is 0.864 bits per heavy atom. The fraction of sp³-hybridized carbons (Fsp3) is 0.267. The first kappa shape index (κ1) is 32.6. The third kappa shape index (κ3) is 6.60. The van der Waals surface area contributed by atoms with Gasteiger partial charge < -0.3 is 4.18 Å². The van der Waals surface area contributed by atoms with Gasteiger partial charge in [0.15, 0.2) is 5.78 Å². The molecule has 230 valence electrons. The van der Waals surface area contributed by atoms with Gasteiger partial charge in [-0.15, -0.1) is 0 Å². The Bertz CT molecular complexity index is 1730. The van der Waals surface area contributed by atoms with Crippen LogP contribution in [0, 0.1) is 18.8 Å². The van der Waals surface area contributed by atoms with Crippen LogP contribution < -0.4 is 4.18 Å². The van der Waals surface area contributed by atoms with E-state index in [4.69, 9.17) is 27.4 Å². The molecular formula is C30H24Br2Cl2N2O7S. The predicted octanol–water partition coefficient (Wildman–Crippen LogP) is 6.23. The van der Waals surface area contributed by atoms with Crippen LogP contribution >= 0.6 is 55.1 Å². The number of amides is 3. The second-order valence-electron chi connectivity index (χ2n) is 10.5. The smallest absolute Gasteiger partial charge is 0.339 e. The van der Waals surface area contributed by atoms with Gasteiger partial charge in [-0.1, -0.05) is 72.8 Å². The Labute approximate surface area is 280 Å². The molecule has 0 unspecified atom stereocenters. The summed E-state index contributed by atoms with van der Waals surface area (Å²) < 4.78 is 30.5. The molecule has 1 aliphatic carbocycles. The molecule has 9 nitrogen and oxygen atoms in total. The van der Waals surface area contributed by atoms with Crippen molar-refractivity contribution in [2.75, 3.05) is 6.54 Å². The summed E-state index contributed by atoms with van der Waals surface area (Å²) in [6, 6.07) is 15.5. The van der Waals surface area contributed by atoms with Crippen molar-refractivity contribution in [2.45, 2.75) is 34.3 Å². The van der Waals surface area contributed by atoms with E-state index in [1.807, 2.05) is 6.92 Å². The SMILES string of the molecule is Cc1ccc(S(=O)(=O)Oc2ccc(C(=O)CN(C(=O)c3ccc(Cl)c(Cl)c3)N3C(=O)[C@H]4C[C@H](Br)[C@@H](Br)C[C@H]4C3=O)cc2)cc1. The van der Waals surface area contributed by atoms with Crippen molar-refractivity contribution >= 4 is 88.7 Å². The first-order chi connectivity index (χ1) is 20.8. The summed E-state index contributed by atoms with van der Waals surface area (Å²) in [5.41, 5.74) is 0.994. The highest BCUT2D eigenvalue weighted by atomic mass is 79.9. The Morgan fingerprint density at radius 3 is 1.95 bits per heavy atom. The maximum atomic E-state index is 13.8. The number of benzene rings is 3. The van der Waals surface area contributed by atoms with Gasteiger partial charge in [-0.05, 0) is 74.4 Å². The van der Waals surface area contributed by atoms with E-state index < -0.39 is 52.0 Å². The van der Waals surface area contributed by atoms with Gasteiger partial charge in [0.05, 0.1) is 21.9 Å². The number of nitrogens with zero attached hydrogens (tertiary/aromatic N) is 2. The molecule has 0 aromatic heterocycles. The molecule has 0 bridgehead atoms. The fourth-order valence-corrected chi connectivity index (χ4v) is 7.60. The number of aryl methyl sites for hydroxylation is 1. The number of ketones is 1. The lowest BCUT2D eigenvalue weighted by Gasteiger charge is -2.30. The molecule has 0 spiro atoms. The lowest BCUT2D eigenvalue weighted by molar-refractivity contribution is -0.154. The van der Waals surface area contributed by atoms with Crippen LogP contribution in [0.3, 0.4) is 0 Å². The van der Waals surface area contributed by atoms with Gasteiger partial charge in [-0.2, -0.15) is 13.4 Å². The summed E-state index contributed by atoms with van der Waals surface area (Å²) in [5, 5.41) is 1.89. The molecule has 0 N–H and O–H groups in total. The van der Waals surface area contributed by atoms with E-state index in [-0.39, 0.29) is 41.5 Å². The van der Waals surface area contributed by atoms with Crippen molar-refractivity contribution in [3.05, 3.63) is 93.5 Å². The lowest BCUT2D eigenvalue weighted by Crippen LogP contribution is -2.52. The van der Waals surface area contributed by atoms with Crippen LogP contribution in [-0.4, -0.2) is 58.1 Å². The number of fused-ring (bicyclic) bond motifs is 1.